The van der Waals surface area contributed by atoms with Crippen LogP contribution in [0.1, 0.15) is 0 Å². The predicted octanol–water partition coefficient (Wildman–Crippen LogP) is 3.79. The van der Waals surface area contributed by atoms with Crippen molar-refractivity contribution in [1.82, 2.24) is 9.38 Å². The summed E-state index contributed by atoms with van der Waals surface area (Å²) in [5.74, 6) is 0.406. The van der Waals surface area contributed by atoms with Gasteiger partial charge in [0.1, 0.15) is 11.6 Å². The van der Waals surface area contributed by atoms with E-state index in [1.54, 1.807) is 24.5 Å². The van der Waals surface area contributed by atoms with E-state index in [2.05, 4.69) is 4.98 Å². The first-order valence-electron chi connectivity index (χ1n) is 5.12. The van der Waals surface area contributed by atoms with Crippen molar-refractivity contribution in [3.05, 3.63) is 59.6 Å². The van der Waals surface area contributed by atoms with E-state index < -0.39 is 0 Å². The maximum absolute atomic E-state index is 13.2. The highest BCUT2D eigenvalue weighted by Crippen LogP contribution is 2.22. The molecule has 2 heterocycles. The van der Waals surface area contributed by atoms with Gasteiger partial charge in [-0.05, 0) is 24.3 Å². The molecule has 0 aliphatic rings. The number of aromatic nitrogens is 2. The molecule has 84 valence electrons. The van der Waals surface area contributed by atoms with Crippen molar-refractivity contribution in [3.63, 3.8) is 0 Å². The van der Waals surface area contributed by atoms with E-state index in [1.807, 2.05) is 16.5 Å². The molecular weight excluding hydrogens is 239 g/mol. The second-order valence-electron chi connectivity index (χ2n) is 3.73. The SMILES string of the molecule is Fc1cccc(-c2ncc3ccc(Cl)cn23)c1. The molecule has 0 unspecified atom stereocenters. The Balaban J connectivity index is 2.27. The van der Waals surface area contributed by atoms with Gasteiger partial charge < -0.3 is 0 Å². The zero-order valence-electron chi connectivity index (χ0n) is 8.77. The van der Waals surface area contributed by atoms with Gasteiger partial charge in [0.05, 0.1) is 16.7 Å². The van der Waals surface area contributed by atoms with Crippen LogP contribution >= 0.6 is 11.6 Å². The first kappa shape index (κ1) is 10.3. The minimum absolute atomic E-state index is 0.277. The van der Waals surface area contributed by atoms with Gasteiger partial charge >= 0.3 is 0 Å². The Morgan fingerprint density at radius 2 is 2.06 bits per heavy atom. The topological polar surface area (TPSA) is 17.3 Å². The molecule has 17 heavy (non-hydrogen) atoms. The van der Waals surface area contributed by atoms with Crippen LogP contribution in [0.4, 0.5) is 4.39 Å². The van der Waals surface area contributed by atoms with Gasteiger partial charge in [-0.2, -0.15) is 0 Å². The summed E-state index contributed by atoms with van der Waals surface area (Å²) in [5, 5.41) is 0.619. The molecule has 0 saturated carbocycles. The molecule has 0 atom stereocenters. The van der Waals surface area contributed by atoms with E-state index in [4.69, 9.17) is 11.6 Å². The van der Waals surface area contributed by atoms with Crippen LogP contribution in [0.25, 0.3) is 16.9 Å². The molecule has 3 rings (SSSR count). The third kappa shape index (κ3) is 1.78. The Morgan fingerprint density at radius 1 is 1.18 bits per heavy atom. The molecule has 1 aromatic carbocycles. The number of hydrogen-bond donors (Lipinski definition) is 0. The highest BCUT2D eigenvalue weighted by Gasteiger charge is 2.07. The van der Waals surface area contributed by atoms with E-state index in [1.165, 1.54) is 12.1 Å². The minimum atomic E-state index is -0.277. The molecule has 0 spiro atoms. The molecule has 0 aliphatic heterocycles. The fourth-order valence-corrected chi connectivity index (χ4v) is 1.97. The number of nitrogens with zero attached hydrogens (tertiary/aromatic N) is 2. The van der Waals surface area contributed by atoms with Crippen molar-refractivity contribution in [3.8, 4) is 11.4 Å². The molecule has 3 aromatic rings. The lowest BCUT2D eigenvalue weighted by Gasteiger charge is -2.02. The zero-order chi connectivity index (χ0) is 11.8. The van der Waals surface area contributed by atoms with Gasteiger partial charge in [-0.3, -0.25) is 4.40 Å². The largest absolute Gasteiger partial charge is 0.298 e. The van der Waals surface area contributed by atoms with E-state index >= 15 is 0 Å². The Hall–Kier alpha value is -1.87. The van der Waals surface area contributed by atoms with Crippen LogP contribution in [0, 0.1) is 5.82 Å². The highest BCUT2D eigenvalue weighted by atomic mass is 35.5. The van der Waals surface area contributed by atoms with Crippen LogP contribution in [0.5, 0.6) is 0 Å². The van der Waals surface area contributed by atoms with E-state index in [9.17, 15) is 4.39 Å². The smallest absolute Gasteiger partial charge is 0.144 e. The molecule has 0 radical (unpaired) electrons. The summed E-state index contributed by atoms with van der Waals surface area (Å²) < 4.78 is 15.0. The monoisotopic (exact) mass is 246 g/mol. The summed E-state index contributed by atoms with van der Waals surface area (Å²) in [6.07, 6.45) is 3.50. The van der Waals surface area contributed by atoms with Gasteiger partial charge in [-0.15, -0.1) is 0 Å². The minimum Gasteiger partial charge on any atom is -0.298 e. The molecule has 2 aromatic heterocycles. The van der Waals surface area contributed by atoms with Crippen molar-refractivity contribution < 1.29 is 4.39 Å². The normalized spacial score (nSPS) is 10.9. The Bertz CT molecular complexity index is 691. The van der Waals surface area contributed by atoms with Crippen LogP contribution in [0.3, 0.4) is 0 Å². The third-order valence-corrected chi connectivity index (χ3v) is 2.80. The van der Waals surface area contributed by atoms with Crippen LogP contribution < -0.4 is 0 Å². The summed E-state index contributed by atoms with van der Waals surface area (Å²) in [7, 11) is 0. The fourth-order valence-electron chi connectivity index (χ4n) is 1.81. The summed E-state index contributed by atoms with van der Waals surface area (Å²) in [6, 6.07) is 10.0. The molecule has 2 nitrogen and oxygen atoms in total. The summed E-state index contributed by atoms with van der Waals surface area (Å²) in [5.41, 5.74) is 1.65. The predicted molar refractivity (Wildman–Crippen MR) is 65.6 cm³/mol. The fraction of sp³-hybridized carbons (Fsp3) is 0. The summed E-state index contributed by atoms with van der Waals surface area (Å²) >= 11 is 5.94. The van der Waals surface area contributed by atoms with E-state index in [0.717, 1.165) is 11.1 Å². The second kappa shape index (κ2) is 3.86. The van der Waals surface area contributed by atoms with Gasteiger partial charge in [0.15, 0.2) is 0 Å². The average Bonchev–Trinajstić information content (AvgIpc) is 2.71. The standard InChI is InChI=1S/C13H8ClFN2/c14-10-4-5-12-7-16-13(17(12)8-10)9-2-1-3-11(15)6-9/h1-8H. The van der Waals surface area contributed by atoms with Crippen LogP contribution in [-0.4, -0.2) is 9.38 Å². The number of pyridine rings is 1. The highest BCUT2D eigenvalue weighted by molar-refractivity contribution is 6.30. The average molecular weight is 247 g/mol. The van der Waals surface area contributed by atoms with Gasteiger partial charge in [0, 0.05) is 11.8 Å². The number of benzene rings is 1. The first-order chi connectivity index (χ1) is 8.24. The molecule has 0 aliphatic carbocycles. The van der Waals surface area contributed by atoms with Gasteiger partial charge in [-0.1, -0.05) is 23.7 Å². The Labute approximate surface area is 102 Å². The second-order valence-corrected chi connectivity index (χ2v) is 4.17. The lowest BCUT2D eigenvalue weighted by molar-refractivity contribution is 0.628. The van der Waals surface area contributed by atoms with Gasteiger partial charge in [0.25, 0.3) is 0 Å². The zero-order valence-corrected chi connectivity index (χ0v) is 9.53. The summed E-state index contributed by atoms with van der Waals surface area (Å²) in [4.78, 5) is 4.29. The van der Waals surface area contributed by atoms with Crippen LogP contribution in [0.2, 0.25) is 5.02 Å². The first-order valence-corrected chi connectivity index (χ1v) is 5.50. The van der Waals surface area contributed by atoms with Crippen LogP contribution in [0.15, 0.2) is 48.8 Å². The van der Waals surface area contributed by atoms with E-state index in [0.29, 0.717) is 10.8 Å². The van der Waals surface area contributed by atoms with Crippen molar-refractivity contribution in [2.24, 2.45) is 0 Å². The van der Waals surface area contributed by atoms with Crippen molar-refractivity contribution in [1.29, 1.82) is 0 Å². The Morgan fingerprint density at radius 3 is 2.88 bits per heavy atom. The molecule has 4 heteroatoms. The maximum Gasteiger partial charge on any atom is 0.144 e. The number of fused-ring (bicyclic) bond motifs is 1. The van der Waals surface area contributed by atoms with E-state index in [-0.39, 0.29) is 5.82 Å². The van der Waals surface area contributed by atoms with Crippen molar-refractivity contribution in [2.75, 3.05) is 0 Å². The quantitative estimate of drug-likeness (QED) is 0.639. The summed E-state index contributed by atoms with van der Waals surface area (Å²) in [6.45, 7) is 0. The van der Waals surface area contributed by atoms with Crippen molar-refractivity contribution in [2.45, 2.75) is 0 Å². The number of rotatable bonds is 1. The van der Waals surface area contributed by atoms with Crippen LogP contribution in [-0.2, 0) is 0 Å². The Kier molecular flexibility index (Phi) is 2.34. The molecule has 0 fully saturated rings. The van der Waals surface area contributed by atoms with Gasteiger partial charge in [-0.25, -0.2) is 9.37 Å². The molecule has 0 bridgehead atoms. The van der Waals surface area contributed by atoms with Gasteiger partial charge in [0.2, 0.25) is 0 Å². The third-order valence-electron chi connectivity index (χ3n) is 2.57. The molecule has 0 saturated heterocycles. The van der Waals surface area contributed by atoms with Crippen molar-refractivity contribution >= 4 is 17.1 Å². The molecule has 0 N–H and O–H groups in total. The number of hydrogen-bond acceptors (Lipinski definition) is 1. The maximum atomic E-state index is 13.2. The lowest BCUT2D eigenvalue weighted by atomic mass is 10.2. The lowest BCUT2D eigenvalue weighted by Crippen LogP contribution is -1.89. The number of imidazole rings is 1. The molecule has 0 amide bonds. The molecular formula is C13H8ClFN2. The number of halogens is 2.